The lowest BCUT2D eigenvalue weighted by molar-refractivity contribution is -0.143. The van der Waals surface area contributed by atoms with Gasteiger partial charge in [0.2, 0.25) is 0 Å². The average Bonchev–Trinajstić information content (AvgIpc) is 2.80. The third-order valence-corrected chi connectivity index (χ3v) is 5.30. The molecule has 2 rings (SSSR count). The van der Waals surface area contributed by atoms with Crippen molar-refractivity contribution in [3.63, 3.8) is 0 Å². The van der Waals surface area contributed by atoms with Gasteiger partial charge in [-0.1, -0.05) is 36.3 Å². The third-order valence-electron chi connectivity index (χ3n) is 4.43. The second kappa shape index (κ2) is 12.0. The van der Waals surface area contributed by atoms with Crippen LogP contribution in [0.2, 0.25) is 0 Å². The van der Waals surface area contributed by atoms with Crippen molar-refractivity contribution in [2.45, 2.75) is 25.9 Å². The van der Waals surface area contributed by atoms with Crippen LogP contribution in [0.5, 0.6) is 0 Å². The van der Waals surface area contributed by atoms with Gasteiger partial charge in [0, 0.05) is 11.1 Å². The molecule has 0 aliphatic heterocycles. The minimum absolute atomic E-state index is 0.0469. The molecule has 0 heterocycles. The lowest BCUT2D eigenvalue weighted by atomic mass is 10.0. The molecule has 0 saturated heterocycles. The number of halogens is 6. The summed E-state index contributed by atoms with van der Waals surface area (Å²) in [7, 11) is 2.53. The molecule has 5 nitrogen and oxygen atoms in total. The number of rotatable bonds is 8. The second-order valence-electron chi connectivity index (χ2n) is 6.81. The maximum atomic E-state index is 13.2. The number of carbonyl (C=O) groups excluding carboxylic acids is 1. The van der Waals surface area contributed by atoms with Crippen molar-refractivity contribution in [2.75, 3.05) is 20.0 Å². The van der Waals surface area contributed by atoms with Gasteiger partial charge in [-0.05, 0) is 29.5 Å². The molecule has 0 fully saturated rings. The van der Waals surface area contributed by atoms with E-state index in [9.17, 15) is 31.1 Å². The summed E-state index contributed by atoms with van der Waals surface area (Å²) >= 11 is 0.915. The number of nitrogens with zero attached hydrogens (tertiary/aromatic N) is 1. The Labute approximate surface area is 201 Å². The van der Waals surface area contributed by atoms with Crippen LogP contribution in [0, 0.1) is 0 Å². The number of benzene rings is 2. The molecule has 12 heteroatoms. The molecule has 0 aliphatic carbocycles. The molecule has 0 aromatic heterocycles. The normalized spacial score (nSPS) is 12.9. The van der Waals surface area contributed by atoms with Crippen LogP contribution in [0.15, 0.2) is 53.9 Å². The molecule has 0 spiro atoms. The first-order valence-electron chi connectivity index (χ1n) is 9.94. The summed E-state index contributed by atoms with van der Waals surface area (Å²) in [6, 6.07) is 7.72. The minimum atomic E-state index is -4.99. The summed E-state index contributed by atoms with van der Waals surface area (Å²) in [5.41, 5.74) is -2.38. The van der Waals surface area contributed by atoms with Crippen LogP contribution in [0.3, 0.4) is 0 Å². The van der Waals surface area contributed by atoms with E-state index in [-0.39, 0.29) is 28.9 Å². The minimum Gasteiger partial charge on any atom is -0.503 e. The van der Waals surface area contributed by atoms with E-state index in [4.69, 9.17) is 14.3 Å². The molecule has 0 radical (unpaired) electrons. The zero-order valence-electron chi connectivity index (χ0n) is 18.8. The van der Waals surface area contributed by atoms with E-state index in [0.717, 1.165) is 11.8 Å². The Morgan fingerprint density at radius 1 is 1.00 bits per heavy atom. The highest BCUT2D eigenvalue weighted by molar-refractivity contribution is 8.14. The van der Waals surface area contributed by atoms with Crippen molar-refractivity contribution in [3.8, 4) is 0 Å². The quantitative estimate of drug-likeness (QED) is 0.0754. The Bertz CT molecular complexity index is 1060. The number of ether oxygens (including phenoxy) is 2. The Hall–Kier alpha value is -3.15. The summed E-state index contributed by atoms with van der Waals surface area (Å²) in [5.74, 6) is -0.381. The lowest BCUT2D eigenvalue weighted by Crippen LogP contribution is -2.13. The van der Waals surface area contributed by atoms with Crippen molar-refractivity contribution in [1.29, 1.82) is 0 Å². The zero-order valence-corrected chi connectivity index (χ0v) is 19.6. The number of carbonyl (C=O) groups is 1. The van der Waals surface area contributed by atoms with Crippen LogP contribution < -0.4 is 0 Å². The van der Waals surface area contributed by atoms with Crippen molar-refractivity contribution < 1.29 is 45.4 Å². The number of thioether (sulfide) groups is 1. The first-order chi connectivity index (χ1) is 16.4. The molecule has 0 amide bonds. The summed E-state index contributed by atoms with van der Waals surface area (Å²) in [4.78, 5) is 17.4. The van der Waals surface area contributed by atoms with Gasteiger partial charge < -0.3 is 14.3 Å². The second-order valence-corrected chi connectivity index (χ2v) is 8.07. The predicted molar refractivity (Wildman–Crippen MR) is 119 cm³/mol. The van der Waals surface area contributed by atoms with Crippen LogP contribution in [0.4, 0.5) is 26.3 Å². The fraction of sp³-hybridized carbons (Fsp3) is 0.304. The van der Waals surface area contributed by atoms with Gasteiger partial charge in [0.05, 0.1) is 31.6 Å². The number of methoxy groups -OCH3 is 2. The topological polar surface area (TPSA) is 57.1 Å². The van der Waals surface area contributed by atoms with E-state index in [2.05, 4.69) is 5.16 Å². The molecule has 0 atom stereocenters. The van der Waals surface area contributed by atoms with Gasteiger partial charge in [0.15, 0.2) is 0 Å². The maximum absolute atomic E-state index is 13.2. The summed E-state index contributed by atoms with van der Waals surface area (Å²) in [6.45, 7) is 1.42. The maximum Gasteiger partial charge on any atom is 0.416 e. The van der Waals surface area contributed by atoms with Crippen LogP contribution in [0.25, 0.3) is 5.57 Å². The van der Waals surface area contributed by atoms with E-state index < -0.39 is 29.4 Å². The van der Waals surface area contributed by atoms with Gasteiger partial charge in [-0.3, -0.25) is 0 Å². The molecular weight excluding hydrogens is 500 g/mol. The summed E-state index contributed by atoms with van der Waals surface area (Å²) in [6.07, 6.45) is -8.81. The highest BCUT2D eigenvalue weighted by Crippen LogP contribution is 2.37. The van der Waals surface area contributed by atoms with Gasteiger partial charge in [-0.15, -0.1) is 11.8 Å². The monoisotopic (exact) mass is 521 g/mol. The van der Waals surface area contributed by atoms with E-state index in [0.29, 0.717) is 29.0 Å². The highest BCUT2D eigenvalue weighted by atomic mass is 32.2. The Morgan fingerprint density at radius 3 is 2.11 bits per heavy atom. The molecule has 0 bridgehead atoms. The Morgan fingerprint density at radius 2 is 1.60 bits per heavy atom. The van der Waals surface area contributed by atoms with Gasteiger partial charge in [0.25, 0.3) is 0 Å². The van der Waals surface area contributed by atoms with E-state index in [1.807, 2.05) is 0 Å². The van der Waals surface area contributed by atoms with E-state index in [1.54, 1.807) is 31.2 Å². The number of oxime groups is 1. The molecule has 0 unspecified atom stereocenters. The first-order valence-corrected chi connectivity index (χ1v) is 10.9. The Kier molecular flexibility index (Phi) is 9.64. The summed E-state index contributed by atoms with van der Waals surface area (Å²) < 4.78 is 89.1. The SMILES string of the molecule is CCS/C(=N\OCc1ccccc1/C(=C\OC)C(=O)OC)c1cc(C(F)(F)F)cc(C(F)(F)F)c1. The van der Waals surface area contributed by atoms with Crippen molar-refractivity contribution in [3.05, 3.63) is 76.5 Å². The van der Waals surface area contributed by atoms with Gasteiger partial charge in [0.1, 0.15) is 17.2 Å². The fourth-order valence-electron chi connectivity index (χ4n) is 2.90. The standard InChI is InChI=1S/C23H21F6NO4S/c1-4-35-20(15-9-16(22(24,25)26)11-17(10-15)23(27,28)29)30-34-12-14-7-5-6-8-18(14)19(13-32-2)21(31)33-3/h5-11,13H,4,12H2,1-3H3/b19-13+,30-20-. The first kappa shape index (κ1) is 28.1. The molecule has 0 aliphatic rings. The molecule has 2 aromatic rings. The lowest BCUT2D eigenvalue weighted by Gasteiger charge is -2.15. The van der Waals surface area contributed by atoms with Crippen LogP contribution in [0.1, 0.15) is 34.7 Å². The van der Waals surface area contributed by atoms with Crippen molar-refractivity contribution in [1.82, 2.24) is 0 Å². The van der Waals surface area contributed by atoms with Gasteiger partial charge in [-0.25, -0.2) is 4.79 Å². The number of esters is 1. The largest absolute Gasteiger partial charge is 0.503 e. The van der Waals surface area contributed by atoms with E-state index >= 15 is 0 Å². The number of alkyl halides is 6. The third kappa shape index (κ3) is 7.67. The zero-order chi connectivity index (χ0) is 26.2. The molecule has 190 valence electrons. The van der Waals surface area contributed by atoms with Crippen molar-refractivity contribution >= 4 is 28.3 Å². The predicted octanol–water partition coefficient (Wildman–Crippen LogP) is 6.52. The van der Waals surface area contributed by atoms with Crippen LogP contribution in [-0.2, 0) is 38.1 Å². The van der Waals surface area contributed by atoms with Crippen LogP contribution >= 0.6 is 11.8 Å². The number of hydrogen-bond donors (Lipinski definition) is 0. The average molecular weight is 521 g/mol. The highest BCUT2D eigenvalue weighted by Gasteiger charge is 2.37. The molecule has 0 saturated carbocycles. The molecular formula is C23H21F6NO4S. The van der Waals surface area contributed by atoms with Crippen molar-refractivity contribution in [2.24, 2.45) is 5.16 Å². The van der Waals surface area contributed by atoms with Crippen LogP contribution in [-0.4, -0.2) is 31.0 Å². The molecule has 0 N–H and O–H groups in total. The Balaban J connectivity index is 2.44. The van der Waals surface area contributed by atoms with E-state index in [1.165, 1.54) is 20.5 Å². The fourth-order valence-corrected chi connectivity index (χ4v) is 3.56. The van der Waals surface area contributed by atoms with Gasteiger partial charge >= 0.3 is 18.3 Å². The number of hydrogen-bond acceptors (Lipinski definition) is 6. The van der Waals surface area contributed by atoms with Gasteiger partial charge in [-0.2, -0.15) is 26.3 Å². The smallest absolute Gasteiger partial charge is 0.416 e. The molecule has 2 aromatic carbocycles. The summed E-state index contributed by atoms with van der Waals surface area (Å²) in [5, 5.41) is 3.65. The molecule has 35 heavy (non-hydrogen) atoms.